The van der Waals surface area contributed by atoms with Crippen LogP contribution in [0.15, 0.2) is 29.2 Å². The molecule has 1 rings (SSSR count). The van der Waals surface area contributed by atoms with Gasteiger partial charge >= 0.3 is 0 Å². The molecular formula is C11H13NO2S. The quantitative estimate of drug-likeness (QED) is 0.723. The van der Waals surface area contributed by atoms with Gasteiger partial charge < -0.3 is 0 Å². The van der Waals surface area contributed by atoms with E-state index in [2.05, 4.69) is 5.92 Å². The number of rotatable bonds is 3. The fourth-order valence-electron chi connectivity index (χ4n) is 1.23. The topological polar surface area (TPSA) is 37.4 Å². The van der Waals surface area contributed by atoms with Gasteiger partial charge in [0, 0.05) is 7.05 Å². The van der Waals surface area contributed by atoms with Crippen molar-refractivity contribution >= 4 is 10.0 Å². The second kappa shape index (κ2) is 4.47. The van der Waals surface area contributed by atoms with E-state index >= 15 is 0 Å². The van der Waals surface area contributed by atoms with Gasteiger partial charge in [0.2, 0.25) is 10.0 Å². The maximum absolute atomic E-state index is 12.0. The Bertz CT molecular complexity index is 486. The van der Waals surface area contributed by atoms with Gasteiger partial charge in [-0.15, -0.1) is 6.42 Å². The lowest BCUT2D eigenvalue weighted by atomic mass is 10.2. The third-order valence-corrected chi connectivity index (χ3v) is 4.06. The van der Waals surface area contributed by atoms with Gasteiger partial charge in [-0.2, -0.15) is 4.31 Å². The van der Waals surface area contributed by atoms with E-state index in [0.29, 0.717) is 4.90 Å². The molecule has 0 aliphatic carbocycles. The van der Waals surface area contributed by atoms with Crippen LogP contribution < -0.4 is 0 Å². The fourth-order valence-corrected chi connectivity index (χ4v) is 2.53. The highest BCUT2D eigenvalue weighted by Crippen LogP contribution is 2.17. The Hall–Kier alpha value is -1.31. The Balaban J connectivity index is 3.19. The summed E-state index contributed by atoms with van der Waals surface area (Å²) in [5.41, 5.74) is 0.723. The zero-order valence-electron chi connectivity index (χ0n) is 8.77. The van der Waals surface area contributed by atoms with Gasteiger partial charge in [0.25, 0.3) is 0 Å². The second-order valence-corrected chi connectivity index (χ2v) is 5.24. The molecule has 1 aromatic rings. The predicted molar refractivity (Wildman–Crippen MR) is 59.8 cm³/mol. The number of terminal acetylenes is 1. The van der Waals surface area contributed by atoms with E-state index in [1.165, 1.54) is 7.05 Å². The van der Waals surface area contributed by atoms with Crippen molar-refractivity contribution in [2.75, 3.05) is 13.6 Å². The van der Waals surface area contributed by atoms with Crippen LogP contribution in [0, 0.1) is 19.3 Å². The van der Waals surface area contributed by atoms with Gasteiger partial charge in [0.15, 0.2) is 0 Å². The zero-order valence-corrected chi connectivity index (χ0v) is 9.58. The smallest absolute Gasteiger partial charge is 0.207 e. The molecule has 4 heteroatoms. The maximum Gasteiger partial charge on any atom is 0.243 e. The average Bonchev–Trinajstić information content (AvgIpc) is 2.18. The first kappa shape index (κ1) is 11.8. The molecule has 0 heterocycles. The number of sulfonamides is 1. The number of aryl methyl sites for hydroxylation is 1. The van der Waals surface area contributed by atoms with E-state index < -0.39 is 10.0 Å². The third kappa shape index (κ3) is 2.38. The van der Waals surface area contributed by atoms with Crippen LogP contribution in [-0.2, 0) is 10.0 Å². The van der Waals surface area contributed by atoms with Crippen molar-refractivity contribution in [3.8, 4) is 12.3 Å². The summed E-state index contributed by atoms with van der Waals surface area (Å²) in [7, 11) is -1.97. The first-order valence-corrected chi connectivity index (χ1v) is 5.89. The number of hydrogen-bond donors (Lipinski definition) is 0. The van der Waals surface area contributed by atoms with Gasteiger partial charge in [0.1, 0.15) is 0 Å². The zero-order chi connectivity index (χ0) is 11.5. The monoisotopic (exact) mass is 223 g/mol. The molecule has 0 saturated carbocycles. The molecule has 1 aromatic carbocycles. The van der Waals surface area contributed by atoms with Crippen molar-refractivity contribution in [1.82, 2.24) is 4.31 Å². The van der Waals surface area contributed by atoms with Crippen LogP contribution in [0.4, 0.5) is 0 Å². The lowest BCUT2D eigenvalue weighted by molar-refractivity contribution is 0.502. The molecule has 0 bridgehead atoms. The van der Waals surface area contributed by atoms with Gasteiger partial charge in [-0.1, -0.05) is 24.1 Å². The minimum absolute atomic E-state index is 0.0800. The molecule has 0 amide bonds. The van der Waals surface area contributed by atoms with E-state index in [4.69, 9.17) is 6.42 Å². The van der Waals surface area contributed by atoms with Crippen molar-refractivity contribution in [3.05, 3.63) is 29.8 Å². The van der Waals surface area contributed by atoms with Gasteiger partial charge in [-0.3, -0.25) is 0 Å². The largest absolute Gasteiger partial charge is 0.243 e. The van der Waals surface area contributed by atoms with Gasteiger partial charge in [-0.25, -0.2) is 8.42 Å². The van der Waals surface area contributed by atoms with Crippen LogP contribution in [-0.4, -0.2) is 26.3 Å². The minimum atomic E-state index is -3.44. The Morgan fingerprint density at radius 2 is 2.00 bits per heavy atom. The summed E-state index contributed by atoms with van der Waals surface area (Å²) >= 11 is 0. The van der Waals surface area contributed by atoms with Crippen LogP contribution in [0.1, 0.15) is 5.56 Å². The summed E-state index contributed by atoms with van der Waals surface area (Å²) in [5.74, 6) is 2.31. The first-order chi connectivity index (χ1) is 7.00. The predicted octanol–water partition coefficient (Wildman–Crippen LogP) is 1.25. The van der Waals surface area contributed by atoms with Crippen molar-refractivity contribution in [1.29, 1.82) is 0 Å². The van der Waals surface area contributed by atoms with Crippen LogP contribution >= 0.6 is 0 Å². The summed E-state index contributed by atoms with van der Waals surface area (Å²) in [6.45, 7) is 1.84. The molecule has 0 radical (unpaired) electrons. The highest BCUT2D eigenvalue weighted by molar-refractivity contribution is 7.89. The molecule has 15 heavy (non-hydrogen) atoms. The van der Waals surface area contributed by atoms with E-state index in [9.17, 15) is 8.42 Å². The summed E-state index contributed by atoms with van der Waals surface area (Å²) < 4.78 is 25.1. The Labute approximate surface area is 90.8 Å². The summed E-state index contributed by atoms with van der Waals surface area (Å²) in [4.78, 5) is 0.308. The molecule has 0 saturated heterocycles. The van der Waals surface area contributed by atoms with Crippen molar-refractivity contribution in [2.24, 2.45) is 0 Å². The lowest BCUT2D eigenvalue weighted by Gasteiger charge is -2.15. The van der Waals surface area contributed by atoms with Crippen LogP contribution in [0.2, 0.25) is 0 Å². The Morgan fingerprint density at radius 3 is 2.53 bits per heavy atom. The highest BCUT2D eigenvalue weighted by Gasteiger charge is 2.21. The highest BCUT2D eigenvalue weighted by atomic mass is 32.2. The maximum atomic E-state index is 12.0. The summed E-state index contributed by atoms with van der Waals surface area (Å²) in [5, 5.41) is 0. The van der Waals surface area contributed by atoms with E-state index in [1.807, 2.05) is 0 Å². The SMILES string of the molecule is C#CCN(C)S(=O)(=O)c1ccccc1C. The number of nitrogens with zero attached hydrogens (tertiary/aromatic N) is 1. The molecule has 0 atom stereocenters. The average molecular weight is 223 g/mol. The molecule has 3 nitrogen and oxygen atoms in total. The van der Waals surface area contributed by atoms with Crippen molar-refractivity contribution < 1.29 is 8.42 Å². The standard InChI is InChI=1S/C11H13NO2S/c1-4-9-12(3)15(13,14)11-8-6-5-7-10(11)2/h1,5-8H,9H2,2-3H3. The Morgan fingerprint density at radius 1 is 1.40 bits per heavy atom. The van der Waals surface area contributed by atoms with Crippen molar-refractivity contribution in [2.45, 2.75) is 11.8 Å². The first-order valence-electron chi connectivity index (χ1n) is 4.45. The van der Waals surface area contributed by atoms with Gasteiger partial charge in [-0.05, 0) is 18.6 Å². The molecule has 0 aromatic heterocycles. The van der Waals surface area contributed by atoms with Gasteiger partial charge in [0.05, 0.1) is 11.4 Å². The van der Waals surface area contributed by atoms with Crippen molar-refractivity contribution in [3.63, 3.8) is 0 Å². The normalized spacial score (nSPS) is 11.3. The van der Waals surface area contributed by atoms with Crippen LogP contribution in [0.5, 0.6) is 0 Å². The van der Waals surface area contributed by atoms with E-state index in [0.717, 1.165) is 9.87 Å². The van der Waals surface area contributed by atoms with E-state index in [-0.39, 0.29) is 6.54 Å². The molecule has 80 valence electrons. The molecule has 0 aliphatic heterocycles. The lowest BCUT2D eigenvalue weighted by Crippen LogP contribution is -2.27. The van der Waals surface area contributed by atoms with E-state index in [1.54, 1.807) is 31.2 Å². The number of benzene rings is 1. The number of hydrogen-bond acceptors (Lipinski definition) is 2. The van der Waals surface area contributed by atoms with Crippen LogP contribution in [0.3, 0.4) is 0 Å². The minimum Gasteiger partial charge on any atom is -0.207 e. The molecule has 0 aliphatic rings. The summed E-state index contributed by atoms with van der Waals surface area (Å²) in [6, 6.07) is 6.84. The third-order valence-electron chi connectivity index (χ3n) is 2.10. The molecular weight excluding hydrogens is 210 g/mol. The second-order valence-electron chi connectivity index (χ2n) is 3.23. The Kier molecular flexibility index (Phi) is 3.51. The molecule has 0 unspecified atom stereocenters. The fraction of sp³-hybridized carbons (Fsp3) is 0.273. The molecule has 0 spiro atoms. The molecule has 0 fully saturated rings. The van der Waals surface area contributed by atoms with Crippen LogP contribution in [0.25, 0.3) is 0 Å². The summed E-state index contributed by atoms with van der Waals surface area (Å²) in [6.07, 6.45) is 5.09. The molecule has 0 N–H and O–H groups in total.